The van der Waals surface area contributed by atoms with Gasteiger partial charge in [0.25, 0.3) is 0 Å². The summed E-state index contributed by atoms with van der Waals surface area (Å²) in [4.78, 5) is 1.97. The first kappa shape index (κ1) is 15.9. The summed E-state index contributed by atoms with van der Waals surface area (Å²) >= 11 is 0. The van der Waals surface area contributed by atoms with E-state index in [1.165, 1.54) is 6.07 Å². The van der Waals surface area contributed by atoms with Gasteiger partial charge in [0.1, 0.15) is 5.82 Å². The lowest BCUT2D eigenvalue weighted by molar-refractivity contribution is 0.0740. The van der Waals surface area contributed by atoms with Gasteiger partial charge in [-0.15, -0.1) is 0 Å². The molecule has 0 amide bonds. The smallest absolute Gasteiger partial charge is 0.146 e. The number of nitrogens with zero attached hydrogens (tertiary/aromatic N) is 1. The summed E-state index contributed by atoms with van der Waals surface area (Å²) in [6.45, 7) is 3.63. The number of methoxy groups -OCH3 is 1. The second-order valence-electron chi connectivity index (χ2n) is 4.19. The number of hydrogen-bond donors (Lipinski definition) is 1. The van der Waals surface area contributed by atoms with E-state index in [4.69, 9.17) is 15.2 Å². The number of nitrogens with two attached hydrogens (primary N) is 1. The molecule has 2 N–H and O–H groups in total. The van der Waals surface area contributed by atoms with Crippen LogP contribution in [0.15, 0.2) is 24.3 Å². The Hall–Kier alpha value is -1.17. The Morgan fingerprint density at radius 2 is 1.95 bits per heavy atom. The van der Waals surface area contributed by atoms with Crippen molar-refractivity contribution in [1.82, 2.24) is 0 Å². The summed E-state index contributed by atoms with van der Waals surface area (Å²) < 4.78 is 24.1. The van der Waals surface area contributed by atoms with Crippen LogP contribution < -0.4 is 10.6 Å². The molecule has 0 fully saturated rings. The zero-order valence-electron chi connectivity index (χ0n) is 11.5. The molecule has 1 aromatic carbocycles. The van der Waals surface area contributed by atoms with E-state index < -0.39 is 0 Å². The van der Waals surface area contributed by atoms with Crippen molar-refractivity contribution >= 4 is 5.69 Å². The van der Waals surface area contributed by atoms with E-state index in [2.05, 4.69) is 0 Å². The average molecular weight is 270 g/mol. The Morgan fingerprint density at radius 1 is 1.16 bits per heavy atom. The third-order valence-electron chi connectivity index (χ3n) is 2.76. The van der Waals surface area contributed by atoms with Gasteiger partial charge in [0.15, 0.2) is 0 Å². The summed E-state index contributed by atoms with van der Waals surface area (Å²) in [6, 6.07) is 6.77. The van der Waals surface area contributed by atoms with E-state index >= 15 is 0 Å². The number of hydrogen-bond acceptors (Lipinski definition) is 4. The molecule has 0 saturated heterocycles. The minimum absolute atomic E-state index is 0.212. The molecule has 0 atom stereocenters. The molecule has 19 heavy (non-hydrogen) atoms. The van der Waals surface area contributed by atoms with E-state index in [-0.39, 0.29) is 5.82 Å². The van der Waals surface area contributed by atoms with Gasteiger partial charge in [0.05, 0.1) is 25.5 Å². The summed E-state index contributed by atoms with van der Waals surface area (Å²) in [5.74, 6) is -0.212. The van der Waals surface area contributed by atoms with Gasteiger partial charge in [0.2, 0.25) is 0 Å². The van der Waals surface area contributed by atoms with Crippen molar-refractivity contribution in [2.75, 3.05) is 51.5 Å². The Balaban J connectivity index is 2.49. The molecule has 0 aliphatic carbocycles. The molecule has 1 rings (SSSR count). The molecule has 0 aromatic heterocycles. The molecule has 0 saturated carbocycles. The minimum Gasteiger partial charge on any atom is -0.382 e. The molecule has 0 radical (unpaired) electrons. The fourth-order valence-electron chi connectivity index (χ4n) is 1.76. The summed E-state index contributed by atoms with van der Waals surface area (Å²) in [6.07, 6.45) is 0.826. The predicted molar refractivity (Wildman–Crippen MR) is 75.0 cm³/mol. The van der Waals surface area contributed by atoms with Crippen molar-refractivity contribution in [3.05, 3.63) is 30.1 Å². The molecule has 4 nitrogen and oxygen atoms in total. The molecule has 0 aliphatic heterocycles. The van der Waals surface area contributed by atoms with Crippen LogP contribution >= 0.6 is 0 Å². The molecule has 1 aromatic rings. The zero-order chi connectivity index (χ0) is 13.9. The van der Waals surface area contributed by atoms with Gasteiger partial charge < -0.3 is 20.1 Å². The average Bonchev–Trinajstić information content (AvgIpc) is 2.43. The summed E-state index contributed by atoms with van der Waals surface area (Å²) in [5, 5.41) is 0. The van der Waals surface area contributed by atoms with Gasteiger partial charge in [-0.25, -0.2) is 4.39 Å². The van der Waals surface area contributed by atoms with Gasteiger partial charge in [0, 0.05) is 20.2 Å². The molecule has 0 spiro atoms. The van der Waals surface area contributed by atoms with Crippen LogP contribution in [0.5, 0.6) is 0 Å². The minimum atomic E-state index is -0.212. The molecule has 0 heterocycles. The second-order valence-corrected chi connectivity index (χ2v) is 4.19. The first-order valence-corrected chi connectivity index (χ1v) is 6.55. The van der Waals surface area contributed by atoms with Gasteiger partial charge in [-0.1, -0.05) is 12.1 Å². The van der Waals surface area contributed by atoms with Gasteiger partial charge in [-0.05, 0) is 25.1 Å². The van der Waals surface area contributed by atoms with Crippen molar-refractivity contribution in [2.45, 2.75) is 6.42 Å². The molecule has 0 unspecified atom stereocenters. The predicted octanol–water partition coefficient (Wildman–Crippen LogP) is 1.64. The van der Waals surface area contributed by atoms with E-state index in [9.17, 15) is 4.39 Å². The van der Waals surface area contributed by atoms with Crippen LogP contribution in [0.4, 0.5) is 10.1 Å². The Kier molecular flexibility index (Phi) is 8.13. The number of halogens is 1. The first-order chi connectivity index (χ1) is 9.29. The monoisotopic (exact) mass is 270 g/mol. The molecule has 0 bridgehead atoms. The quantitative estimate of drug-likeness (QED) is 0.657. The van der Waals surface area contributed by atoms with Crippen molar-refractivity contribution in [3.63, 3.8) is 0 Å². The highest BCUT2D eigenvalue weighted by Crippen LogP contribution is 2.18. The maximum absolute atomic E-state index is 13.8. The highest BCUT2D eigenvalue weighted by Gasteiger charge is 2.10. The van der Waals surface area contributed by atoms with E-state index in [1.807, 2.05) is 11.0 Å². The third-order valence-corrected chi connectivity index (χ3v) is 2.76. The molecular formula is C14H23FN2O2. The maximum Gasteiger partial charge on any atom is 0.146 e. The van der Waals surface area contributed by atoms with Gasteiger partial charge in [-0.3, -0.25) is 0 Å². The van der Waals surface area contributed by atoms with Crippen LogP contribution in [-0.2, 0) is 9.47 Å². The highest BCUT2D eigenvalue weighted by atomic mass is 19.1. The topological polar surface area (TPSA) is 47.7 Å². The van der Waals surface area contributed by atoms with Crippen LogP contribution in [0.1, 0.15) is 6.42 Å². The Labute approximate surface area is 114 Å². The van der Waals surface area contributed by atoms with E-state index in [0.717, 1.165) is 13.0 Å². The standard InChI is InChI=1S/C14H23FN2O2/c1-18-11-12-19-10-9-17(8-4-7-16)14-6-3-2-5-13(14)15/h2-3,5-6H,4,7-12,16H2,1H3. The third kappa shape index (κ3) is 6.00. The van der Waals surface area contributed by atoms with Crippen molar-refractivity contribution in [2.24, 2.45) is 5.73 Å². The van der Waals surface area contributed by atoms with Crippen LogP contribution in [-0.4, -0.2) is 46.6 Å². The lowest BCUT2D eigenvalue weighted by Gasteiger charge is -2.25. The number of benzene rings is 1. The molecule has 0 aliphatic rings. The lowest BCUT2D eigenvalue weighted by atomic mass is 10.2. The van der Waals surface area contributed by atoms with Crippen LogP contribution in [0, 0.1) is 5.82 Å². The second kappa shape index (κ2) is 9.72. The fraction of sp³-hybridized carbons (Fsp3) is 0.571. The number of para-hydroxylation sites is 1. The normalized spacial score (nSPS) is 10.7. The summed E-state index contributed by atoms with van der Waals surface area (Å²) in [7, 11) is 1.64. The van der Waals surface area contributed by atoms with Crippen LogP contribution in [0.25, 0.3) is 0 Å². The lowest BCUT2D eigenvalue weighted by Crippen LogP contribution is -2.30. The van der Waals surface area contributed by atoms with E-state index in [1.54, 1.807) is 19.2 Å². The molecular weight excluding hydrogens is 247 g/mol. The van der Waals surface area contributed by atoms with Gasteiger partial charge >= 0.3 is 0 Å². The van der Waals surface area contributed by atoms with Crippen molar-refractivity contribution < 1.29 is 13.9 Å². The highest BCUT2D eigenvalue weighted by molar-refractivity contribution is 5.47. The molecule has 108 valence electrons. The van der Waals surface area contributed by atoms with Gasteiger partial charge in [-0.2, -0.15) is 0 Å². The SMILES string of the molecule is COCCOCCN(CCCN)c1ccccc1F. The van der Waals surface area contributed by atoms with E-state index in [0.29, 0.717) is 38.6 Å². The number of anilines is 1. The van der Waals surface area contributed by atoms with Crippen molar-refractivity contribution in [3.8, 4) is 0 Å². The number of ether oxygens (including phenoxy) is 2. The Bertz CT molecular complexity index is 350. The van der Waals surface area contributed by atoms with Crippen molar-refractivity contribution in [1.29, 1.82) is 0 Å². The fourth-order valence-corrected chi connectivity index (χ4v) is 1.76. The Morgan fingerprint density at radius 3 is 2.63 bits per heavy atom. The number of rotatable bonds is 10. The summed E-state index contributed by atoms with van der Waals surface area (Å²) in [5.41, 5.74) is 6.12. The van der Waals surface area contributed by atoms with Crippen LogP contribution in [0.2, 0.25) is 0 Å². The van der Waals surface area contributed by atoms with Crippen LogP contribution in [0.3, 0.4) is 0 Å². The first-order valence-electron chi connectivity index (χ1n) is 6.55. The largest absolute Gasteiger partial charge is 0.382 e. The molecule has 5 heteroatoms. The zero-order valence-corrected chi connectivity index (χ0v) is 11.5. The maximum atomic E-state index is 13.8.